The molecule has 3 heteroatoms. The molecule has 0 aliphatic carbocycles. The van der Waals surface area contributed by atoms with Crippen molar-refractivity contribution in [2.45, 2.75) is 34.6 Å². The summed E-state index contributed by atoms with van der Waals surface area (Å²) >= 11 is 0. The topological polar surface area (TPSA) is 9.86 Å². The second-order valence-electron chi connectivity index (χ2n) is 15.3. The summed E-state index contributed by atoms with van der Waals surface area (Å²) in [5.74, 6) is 0. The third-order valence-electron chi connectivity index (χ3n) is 12.0. The highest BCUT2D eigenvalue weighted by Gasteiger charge is 2.42. The van der Waals surface area contributed by atoms with Crippen LogP contribution in [0.5, 0.6) is 0 Å². The molecule has 0 saturated heterocycles. The molecule has 2 aliphatic rings. The number of rotatable bonds is 0. The average molecular weight is 637 g/mol. The third kappa shape index (κ3) is 3.09. The molecule has 0 radical (unpaired) electrons. The summed E-state index contributed by atoms with van der Waals surface area (Å²) < 4.78 is 5.29. The molecule has 4 heterocycles. The fourth-order valence-electron chi connectivity index (χ4n) is 10.2. The molecule has 0 amide bonds. The van der Waals surface area contributed by atoms with E-state index in [1.54, 1.807) is 0 Å². The minimum atomic E-state index is 0.108. The normalized spacial score (nSPS) is 13.3. The number of hydrogen-bond acceptors (Lipinski definition) is 0. The highest BCUT2D eigenvalue weighted by atomic mass is 15.0. The number of benzene rings is 8. The highest BCUT2D eigenvalue weighted by molar-refractivity contribution is 7.00. The summed E-state index contributed by atoms with van der Waals surface area (Å²) in [7, 11) is 0. The molecule has 0 unspecified atom stereocenters. The van der Waals surface area contributed by atoms with Gasteiger partial charge in [0.05, 0.1) is 16.7 Å². The van der Waals surface area contributed by atoms with Crippen LogP contribution in [0.1, 0.15) is 27.8 Å². The van der Waals surface area contributed by atoms with E-state index in [0.29, 0.717) is 0 Å². The predicted octanol–water partition coefficient (Wildman–Crippen LogP) is 10.0. The van der Waals surface area contributed by atoms with E-state index in [1.165, 1.54) is 132 Å². The lowest BCUT2D eigenvalue weighted by molar-refractivity contribution is 1.16. The van der Waals surface area contributed by atoms with Crippen LogP contribution in [0.2, 0.25) is 0 Å². The fourth-order valence-corrected chi connectivity index (χ4v) is 10.2. The van der Waals surface area contributed by atoms with Gasteiger partial charge in [0.2, 0.25) is 0 Å². The van der Waals surface area contributed by atoms with Crippen LogP contribution in [-0.4, -0.2) is 15.8 Å². The Morgan fingerprint density at radius 1 is 0.400 bits per heavy atom. The summed E-state index contributed by atoms with van der Waals surface area (Å²) in [6.07, 6.45) is 0. The number of nitrogens with zero attached hydrogens (tertiary/aromatic N) is 2. The van der Waals surface area contributed by atoms with Gasteiger partial charge in [0.1, 0.15) is 0 Å². The first-order valence-electron chi connectivity index (χ1n) is 17.9. The van der Waals surface area contributed by atoms with E-state index >= 15 is 0 Å². The van der Waals surface area contributed by atoms with Crippen molar-refractivity contribution in [2.24, 2.45) is 0 Å². The Kier molecular flexibility index (Phi) is 4.80. The third-order valence-corrected chi connectivity index (χ3v) is 12.0. The first kappa shape index (κ1) is 27.1. The molecule has 234 valence electrons. The van der Waals surface area contributed by atoms with E-state index < -0.39 is 0 Å². The average Bonchev–Trinajstić information content (AvgIpc) is 3.60. The van der Waals surface area contributed by atoms with E-state index in [9.17, 15) is 0 Å². The van der Waals surface area contributed by atoms with E-state index in [-0.39, 0.29) is 6.71 Å². The zero-order valence-electron chi connectivity index (χ0n) is 28.9. The van der Waals surface area contributed by atoms with Gasteiger partial charge < -0.3 is 9.13 Å². The molecule has 0 N–H and O–H groups in total. The number of aryl methyl sites for hydroxylation is 5. The van der Waals surface area contributed by atoms with E-state index in [4.69, 9.17) is 0 Å². The standard InChI is InChI=1S/C47H33BN2/c1-24-10-13-31-32(16-24)29-8-6-7-9-30(29)35-23-42-44-47(43(31)35)50-41-15-12-26(3)18-34(41)37-20-28(5)22-39(46(37)50)48(44)38-21-27(4)19-36-33-17-25(2)11-14-40(33)49(42)45(36)38/h6-23H,1-5H3. The van der Waals surface area contributed by atoms with Gasteiger partial charge in [0.15, 0.2) is 0 Å². The molecule has 2 aromatic heterocycles. The Morgan fingerprint density at radius 2 is 0.920 bits per heavy atom. The van der Waals surface area contributed by atoms with Gasteiger partial charge in [-0.05, 0) is 120 Å². The number of hydrogen-bond donors (Lipinski definition) is 0. The summed E-state index contributed by atoms with van der Waals surface area (Å²) in [5, 5.41) is 13.3. The largest absolute Gasteiger partial charge is 0.310 e. The molecule has 50 heavy (non-hydrogen) atoms. The lowest BCUT2D eigenvalue weighted by atomic mass is 9.34. The van der Waals surface area contributed by atoms with Gasteiger partial charge in [0.25, 0.3) is 6.71 Å². The van der Waals surface area contributed by atoms with Crippen molar-refractivity contribution < 1.29 is 0 Å². The van der Waals surface area contributed by atoms with Gasteiger partial charge in [-0.3, -0.25) is 0 Å². The molecule has 0 atom stereocenters. The lowest BCUT2D eigenvalue weighted by Crippen LogP contribution is -2.59. The van der Waals surface area contributed by atoms with Crippen LogP contribution in [0.25, 0.3) is 87.3 Å². The van der Waals surface area contributed by atoms with Crippen LogP contribution in [0, 0.1) is 34.6 Å². The Morgan fingerprint density at radius 3 is 1.56 bits per heavy atom. The molecule has 12 rings (SSSR count). The first-order chi connectivity index (χ1) is 24.4. The van der Waals surface area contributed by atoms with Crippen molar-refractivity contribution in [1.29, 1.82) is 0 Å². The summed E-state index contributed by atoms with van der Waals surface area (Å²) in [4.78, 5) is 0. The maximum Gasteiger partial charge on any atom is 0.252 e. The van der Waals surface area contributed by atoms with Crippen LogP contribution in [0.3, 0.4) is 0 Å². The highest BCUT2D eigenvalue weighted by Crippen LogP contribution is 2.46. The molecule has 10 aromatic rings. The molecule has 2 nitrogen and oxygen atoms in total. The summed E-state index contributed by atoms with van der Waals surface area (Å²) in [6, 6.07) is 42.7. The minimum Gasteiger partial charge on any atom is -0.310 e. The van der Waals surface area contributed by atoms with Crippen LogP contribution >= 0.6 is 0 Å². The van der Waals surface area contributed by atoms with E-state index in [2.05, 4.69) is 153 Å². The van der Waals surface area contributed by atoms with Crippen molar-refractivity contribution in [2.75, 3.05) is 0 Å². The van der Waals surface area contributed by atoms with Gasteiger partial charge in [-0.2, -0.15) is 0 Å². The molecule has 0 bridgehead atoms. The molecule has 0 spiro atoms. The van der Waals surface area contributed by atoms with Gasteiger partial charge in [0, 0.05) is 43.7 Å². The molecular formula is C47H33BN2. The number of fused-ring (bicyclic) bond motifs is 17. The van der Waals surface area contributed by atoms with Gasteiger partial charge in [-0.25, -0.2) is 0 Å². The maximum absolute atomic E-state index is 2.67. The summed E-state index contributed by atoms with van der Waals surface area (Å²) in [5.41, 5.74) is 18.7. The Balaban J connectivity index is 1.45. The van der Waals surface area contributed by atoms with Crippen molar-refractivity contribution >= 4 is 99.0 Å². The van der Waals surface area contributed by atoms with Crippen molar-refractivity contribution in [3.8, 4) is 11.4 Å². The molecule has 2 aliphatic heterocycles. The van der Waals surface area contributed by atoms with Crippen LogP contribution < -0.4 is 16.4 Å². The zero-order valence-corrected chi connectivity index (χ0v) is 28.9. The zero-order chi connectivity index (χ0) is 33.3. The molecule has 0 fully saturated rings. The molecular weight excluding hydrogens is 603 g/mol. The Labute approximate surface area is 290 Å². The van der Waals surface area contributed by atoms with E-state index in [0.717, 1.165) is 0 Å². The van der Waals surface area contributed by atoms with Crippen LogP contribution in [0.15, 0.2) is 109 Å². The van der Waals surface area contributed by atoms with Crippen molar-refractivity contribution in [3.63, 3.8) is 0 Å². The first-order valence-corrected chi connectivity index (χ1v) is 17.9. The smallest absolute Gasteiger partial charge is 0.252 e. The monoisotopic (exact) mass is 636 g/mol. The van der Waals surface area contributed by atoms with Gasteiger partial charge in [-0.15, -0.1) is 0 Å². The Bertz CT molecular complexity index is 3260. The quantitative estimate of drug-likeness (QED) is 0.116. The lowest BCUT2D eigenvalue weighted by Gasteiger charge is -2.35. The number of aromatic nitrogens is 2. The van der Waals surface area contributed by atoms with Crippen molar-refractivity contribution in [3.05, 3.63) is 137 Å². The minimum absolute atomic E-state index is 0.108. The SMILES string of the molecule is Cc1ccc2c(c1)c1ccccc1c1cc3c4c(c21)-n1c2ccc(C)cc2c2cc(C)cc(c21)B4c1cc(C)cc2c4cc(C)ccc4n-3c12. The molecule has 0 saturated carbocycles. The predicted molar refractivity (Wildman–Crippen MR) is 216 cm³/mol. The van der Waals surface area contributed by atoms with Crippen molar-refractivity contribution in [1.82, 2.24) is 9.13 Å². The van der Waals surface area contributed by atoms with Gasteiger partial charge >= 0.3 is 0 Å². The fraction of sp³-hybridized carbons (Fsp3) is 0.106. The molecule has 8 aromatic carbocycles. The van der Waals surface area contributed by atoms with Crippen LogP contribution in [0.4, 0.5) is 0 Å². The summed E-state index contributed by atoms with van der Waals surface area (Å²) in [6.45, 7) is 11.3. The van der Waals surface area contributed by atoms with Gasteiger partial charge in [-0.1, -0.05) is 94.5 Å². The Hall–Kier alpha value is -5.80. The second kappa shape index (κ2) is 8.86. The maximum atomic E-state index is 2.67. The van der Waals surface area contributed by atoms with E-state index in [1.807, 2.05) is 0 Å². The van der Waals surface area contributed by atoms with Crippen LogP contribution in [-0.2, 0) is 0 Å². The second-order valence-corrected chi connectivity index (χ2v) is 15.3.